The van der Waals surface area contributed by atoms with Crippen molar-refractivity contribution in [2.75, 3.05) is 0 Å². The number of halogens is 1. The lowest BCUT2D eigenvalue weighted by atomic mass is 9.95. The van der Waals surface area contributed by atoms with Gasteiger partial charge in [-0.05, 0) is 18.8 Å². The van der Waals surface area contributed by atoms with E-state index in [1.165, 1.54) is 0 Å². The summed E-state index contributed by atoms with van der Waals surface area (Å²) in [6.07, 6.45) is 6.71. The second-order valence-corrected chi connectivity index (χ2v) is 3.10. The fourth-order valence-corrected chi connectivity index (χ4v) is 1.44. The summed E-state index contributed by atoms with van der Waals surface area (Å²) in [6.45, 7) is 2.12. The second-order valence-electron chi connectivity index (χ2n) is 2.70. The smallest absolute Gasteiger partial charge is 0.151 e. The summed E-state index contributed by atoms with van der Waals surface area (Å²) in [7, 11) is 0. The molecule has 1 aliphatic carbocycles. The van der Waals surface area contributed by atoms with Crippen LogP contribution >= 0.6 is 11.6 Å². The maximum Gasteiger partial charge on any atom is 0.151 e. The predicted molar refractivity (Wildman–Crippen MR) is 46.5 cm³/mol. The molecule has 0 heterocycles. The molecular weight excluding hydrogens is 160 g/mol. The van der Waals surface area contributed by atoms with Gasteiger partial charge in [-0.25, -0.2) is 0 Å². The Kier molecular flexibility index (Phi) is 2.89. The van der Waals surface area contributed by atoms with Gasteiger partial charge in [-0.3, -0.25) is 4.79 Å². The Labute approximate surface area is 71.7 Å². The lowest BCUT2D eigenvalue weighted by Crippen LogP contribution is -2.01. The van der Waals surface area contributed by atoms with Crippen LogP contribution in [0.15, 0.2) is 22.8 Å². The highest BCUT2D eigenvalue weighted by atomic mass is 35.5. The van der Waals surface area contributed by atoms with E-state index in [9.17, 15) is 4.79 Å². The first-order valence-electron chi connectivity index (χ1n) is 3.81. The highest BCUT2D eigenvalue weighted by molar-refractivity contribution is 6.34. The van der Waals surface area contributed by atoms with Gasteiger partial charge in [0.1, 0.15) is 0 Å². The molecule has 0 aliphatic heterocycles. The number of hydrogen-bond acceptors (Lipinski definition) is 1. The third-order valence-corrected chi connectivity index (χ3v) is 2.29. The fourth-order valence-electron chi connectivity index (χ4n) is 1.14. The fraction of sp³-hybridized carbons (Fsp3) is 0.444. The first-order chi connectivity index (χ1) is 5.27. The summed E-state index contributed by atoms with van der Waals surface area (Å²) in [4.78, 5) is 10.4. The molecule has 1 rings (SSSR count). The van der Waals surface area contributed by atoms with E-state index < -0.39 is 0 Å². The first-order valence-corrected chi connectivity index (χ1v) is 4.18. The predicted octanol–water partition coefficient (Wildman–Crippen LogP) is 2.66. The Balaban J connectivity index is 2.73. The van der Waals surface area contributed by atoms with Crippen LogP contribution in [0.1, 0.15) is 19.8 Å². The van der Waals surface area contributed by atoms with Gasteiger partial charge < -0.3 is 0 Å². The van der Waals surface area contributed by atoms with Crippen molar-refractivity contribution in [3.05, 3.63) is 22.8 Å². The molecule has 0 fully saturated rings. The zero-order valence-corrected chi connectivity index (χ0v) is 7.27. The Morgan fingerprint density at radius 2 is 2.55 bits per heavy atom. The van der Waals surface area contributed by atoms with Crippen LogP contribution in [0, 0.1) is 5.92 Å². The van der Waals surface area contributed by atoms with Crippen LogP contribution in [0.5, 0.6) is 0 Å². The molecule has 0 N–H and O–H groups in total. The molecule has 60 valence electrons. The Hall–Kier alpha value is -0.560. The average Bonchev–Trinajstić information content (AvgIpc) is 2.04. The van der Waals surface area contributed by atoms with Crippen LogP contribution in [-0.4, -0.2) is 6.29 Å². The van der Waals surface area contributed by atoms with Crippen LogP contribution in [0.3, 0.4) is 0 Å². The highest BCUT2D eigenvalue weighted by Crippen LogP contribution is 2.25. The number of aldehydes is 1. The van der Waals surface area contributed by atoms with Crippen molar-refractivity contribution in [2.45, 2.75) is 19.8 Å². The van der Waals surface area contributed by atoms with Crippen LogP contribution in [0.25, 0.3) is 0 Å². The van der Waals surface area contributed by atoms with E-state index in [-0.39, 0.29) is 0 Å². The Morgan fingerprint density at radius 3 is 3.00 bits per heavy atom. The topological polar surface area (TPSA) is 17.1 Å². The van der Waals surface area contributed by atoms with Crippen LogP contribution in [0.2, 0.25) is 0 Å². The van der Waals surface area contributed by atoms with Crippen molar-refractivity contribution >= 4 is 17.9 Å². The standard InChI is InChI=1S/C9H11ClO/c1-2-7-3-4-8(6-11)9(10)5-7/h4-7H,2-3H2,1H3. The SMILES string of the molecule is CCC1C=C(Cl)C(C=O)=CC1. The number of carbonyl (C=O) groups is 1. The first kappa shape index (κ1) is 8.54. The van der Waals surface area contributed by atoms with Crippen LogP contribution in [0.4, 0.5) is 0 Å². The average molecular weight is 171 g/mol. The zero-order valence-electron chi connectivity index (χ0n) is 6.51. The number of hydrogen-bond donors (Lipinski definition) is 0. The van der Waals surface area contributed by atoms with Gasteiger partial charge in [-0.2, -0.15) is 0 Å². The number of rotatable bonds is 2. The van der Waals surface area contributed by atoms with E-state index in [1.807, 2.05) is 12.2 Å². The normalized spacial score (nSPS) is 24.0. The summed E-state index contributed by atoms with van der Waals surface area (Å²) in [5.74, 6) is 0.520. The Bertz CT molecular complexity index is 216. The zero-order chi connectivity index (χ0) is 8.27. The van der Waals surface area contributed by atoms with Crippen molar-refractivity contribution in [3.63, 3.8) is 0 Å². The summed E-state index contributed by atoms with van der Waals surface area (Å²) < 4.78 is 0. The maximum atomic E-state index is 10.4. The third kappa shape index (κ3) is 1.93. The van der Waals surface area contributed by atoms with Gasteiger partial charge in [0.05, 0.1) is 0 Å². The van der Waals surface area contributed by atoms with Gasteiger partial charge in [-0.15, -0.1) is 0 Å². The summed E-state index contributed by atoms with van der Waals surface area (Å²) in [6, 6.07) is 0. The van der Waals surface area contributed by atoms with Crippen molar-refractivity contribution in [2.24, 2.45) is 5.92 Å². The third-order valence-electron chi connectivity index (χ3n) is 1.95. The van der Waals surface area contributed by atoms with Gasteiger partial charge in [0, 0.05) is 10.6 Å². The van der Waals surface area contributed by atoms with Crippen molar-refractivity contribution in [1.82, 2.24) is 0 Å². The molecular formula is C9H11ClO. The minimum atomic E-state index is 0.520. The van der Waals surface area contributed by atoms with Crippen molar-refractivity contribution in [1.29, 1.82) is 0 Å². The summed E-state index contributed by atoms with van der Waals surface area (Å²) in [5, 5.41) is 0.609. The molecule has 0 radical (unpaired) electrons. The van der Waals surface area contributed by atoms with Crippen molar-refractivity contribution < 1.29 is 4.79 Å². The van der Waals surface area contributed by atoms with E-state index in [4.69, 9.17) is 11.6 Å². The Morgan fingerprint density at radius 1 is 1.82 bits per heavy atom. The summed E-state index contributed by atoms with van der Waals surface area (Å²) >= 11 is 5.82. The molecule has 1 unspecified atom stereocenters. The minimum absolute atomic E-state index is 0.520. The van der Waals surface area contributed by atoms with Gasteiger partial charge in [0.25, 0.3) is 0 Å². The monoisotopic (exact) mass is 170 g/mol. The molecule has 1 nitrogen and oxygen atoms in total. The van der Waals surface area contributed by atoms with Gasteiger partial charge >= 0.3 is 0 Å². The van der Waals surface area contributed by atoms with Crippen LogP contribution in [-0.2, 0) is 4.79 Å². The molecule has 0 aromatic carbocycles. The lowest BCUT2D eigenvalue weighted by Gasteiger charge is -2.13. The molecule has 0 saturated heterocycles. The van der Waals surface area contributed by atoms with Gasteiger partial charge in [0.15, 0.2) is 6.29 Å². The number of carbonyl (C=O) groups excluding carboxylic acids is 1. The number of allylic oxidation sites excluding steroid dienone is 4. The van der Waals surface area contributed by atoms with Crippen molar-refractivity contribution in [3.8, 4) is 0 Å². The maximum absolute atomic E-state index is 10.4. The minimum Gasteiger partial charge on any atom is -0.298 e. The van der Waals surface area contributed by atoms with E-state index in [0.717, 1.165) is 19.1 Å². The van der Waals surface area contributed by atoms with Gasteiger partial charge in [0.2, 0.25) is 0 Å². The molecule has 0 spiro atoms. The quantitative estimate of drug-likeness (QED) is 0.583. The lowest BCUT2D eigenvalue weighted by molar-refractivity contribution is -0.104. The summed E-state index contributed by atoms with van der Waals surface area (Å²) in [5.41, 5.74) is 0.636. The van der Waals surface area contributed by atoms with E-state index >= 15 is 0 Å². The van der Waals surface area contributed by atoms with Gasteiger partial charge in [-0.1, -0.05) is 30.7 Å². The molecule has 0 bridgehead atoms. The largest absolute Gasteiger partial charge is 0.298 e. The molecule has 0 saturated carbocycles. The van der Waals surface area contributed by atoms with Crippen LogP contribution < -0.4 is 0 Å². The molecule has 1 atom stereocenters. The second kappa shape index (κ2) is 3.72. The molecule has 1 aliphatic rings. The molecule has 2 heteroatoms. The van der Waals surface area contributed by atoms with E-state index in [1.54, 1.807) is 0 Å². The molecule has 0 amide bonds. The molecule has 11 heavy (non-hydrogen) atoms. The molecule has 0 aromatic rings. The highest BCUT2D eigenvalue weighted by Gasteiger charge is 2.11. The van der Waals surface area contributed by atoms with E-state index in [2.05, 4.69) is 6.92 Å². The van der Waals surface area contributed by atoms with E-state index in [0.29, 0.717) is 16.5 Å². The molecule has 0 aromatic heterocycles.